The van der Waals surface area contributed by atoms with Gasteiger partial charge in [-0.25, -0.2) is 4.79 Å². The number of aromatic carboxylic acids is 1. The normalized spacial score (nSPS) is 10.3. The number of ether oxygens (including phenoxy) is 1. The average Bonchev–Trinajstić information content (AvgIpc) is 2.32. The van der Waals surface area contributed by atoms with Crippen LogP contribution in [0.5, 0.6) is 11.5 Å². The molecule has 0 amide bonds. The largest absolute Gasteiger partial charge is 0.477 e. The van der Waals surface area contributed by atoms with Gasteiger partial charge in [0.25, 0.3) is 0 Å². The maximum absolute atomic E-state index is 11.1. The van der Waals surface area contributed by atoms with Crippen molar-refractivity contribution in [3.63, 3.8) is 0 Å². The monoisotopic (exact) mass is 385 g/mol. The van der Waals surface area contributed by atoms with E-state index in [-0.39, 0.29) is 11.3 Å². The molecule has 1 aromatic heterocycles. The molecule has 0 saturated carbocycles. The second kappa shape index (κ2) is 5.71. The molecule has 0 spiro atoms. The van der Waals surface area contributed by atoms with Crippen molar-refractivity contribution in [3.05, 3.63) is 50.7 Å². The van der Waals surface area contributed by atoms with Crippen LogP contribution in [0.1, 0.15) is 16.1 Å². The van der Waals surface area contributed by atoms with Gasteiger partial charge in [0.2, 0.25) is 0 Å². The molecule has 2 rings (SSSR count). The van der Waals surface area contributed by atoms with E-state index in [1.807, 2.05) is 12.1 Å². The summed E-state index contributed by atoms with van der Waals surface area (Å²) in [6, 6.07) is 6.98. The van der Waals surface area contributed by atoms with Crippen LogP contribution in [0.4, 0.5) is 0 Å². The van der Waals surface area contributed by atoms with Crippen LogP contribution >= 0.6 is 31.9 Å². The van der Waals surface area contributed by atoms with E-state index < -0.39 is 5.97 Å². The van der Waals surface area contributed by atoms with Crippen molar-refractivity contribution >= 4 is 37.8 Å². The fourth-order valence-electron chi connectivity index (χ4n) is 1.46. The number of rotatable bonds is 3. The summed E-state index contributed by atoms with van der Waals surface area (Å²) in [5, 5.41) is 9.11. The van der Waals surface area contributed by atoms with Crippen molar-refractivity contribution in [2.75, 3.05) is 0 Å². The van der Waals surface area contributed by atoms with Gasteiger partial charge in [-0.2, -0.15) is 0 Å². The molecule has 19 heavy (non-hydrogen) atoms. The summed E-state index contributed by atoms with van der Waals surface area (Å²) in [5.41, 5.74) is 0.716. The molecule has 0 fully saturated rings. The Balaban J connectivity index is 2.42. The Kier molecular flexibility index (Phi) is 4.21. The quantitative estimate of drug-likeness (QED) is 0.848. The van der Waals surface area contributed by atoms with Crippen molar-refractivity contribution in [2.45, 2.75) is 6.92 Å². The highest BCUT2D eigenvalue weighted by Crippen LogP contribution is 2.33. The van der Waals surface area contributed by atoms with E-state index in [0.29, 0.717) is 11.4 Å². The first-order chi connectivity index (χ1) is 8.97. The summed E-state index contributed by atoms with van der Waals surface area (Å²) < 4.78 is 7.28. The van der Waals surface area contributed by atoms with E-state index >= 15 is 0 Å². The maximum atomic E-state index is 11.1. The standard InChI is InChI=1S/C13H9Br2NO3/c1-7-4-12(9(6-16-7)13(17)18)19-11-3-2-8(14)5-10(11)15/h2-6H,1H3,(H,17,18). The fourth-order valence-corrected chi connectivity index (χ4v) is 2.58. The van der Waals surface area contributed by atoms with E-state index in [1.54, 1.807) is 19.1 Å². The molecule has 0 unspecified atom stereocenters. The minimum atomic E-state index is -1.07. The molecule has 0 aliphatic carbocycles. The Bertz CT molecular complexity index is 644. The summed E-state index contributed by atoms with van der Waals surface area (Å²) in [6.07, 6.45) is 1.29. The molecule has 4 nitrogen and oxygen atoms in total. The molecule has 0 atom stereocenters. The van der Waals surface area contributed by atoms with E-state index in [4.69, 9.17) is 9.84 Å². The van der Waals surface area contributed by atoms with Crippen molar-refractivity contribution in [2.24, 2.45) is 0 Å². The molecule has 0 aliphatic rings. The Hall–Kier alpha value is -1.40. The highest BCUT2D eigenvalue weighted by molar-refractivity contribution is 9.11. The zero-order valence-electron chi connectivity index (χ0n) is 9.85. The Morgan fingerprint density at radius 3 is 2.63 bits per heavy atom. The summed E-state index contributed by atoms with van der Waals surface area (Å²) in [6.45, 7) is 1.77. The number of carboxylic acids is 1. The highest BCUT2D eigenvalue weighted by Gasteiger charge is 2.14. The third-order valence-electron chi connectivity index (χ3n) is 2.35. The molecule has 0 saturated heterocycles. The fraction of sp³-hybridized carbons (Fsp3) is 0.0769. The maximum Gasteiger partial charge on any atom is 0.341 e. The lowest BCUT2D eigenvalue weighted by Crippen LogP contribution is -2.02. The minimum Gasteiger partial charge on any atom is -0.477 e. The van der Waals surface area contributed by atoms with E-state index in [1.165, 1.54) is 6.20 Å². The van der Waals surface area contributed by atoms with Crippen LogP contribution < -0.4 is 4.74 Å². The number of aromatic nitrogens is 1. The number of carbonyl (C=O) groups is 1. The lowest BCUT2D eigenvalue weighted by atomic mass is 10.2. The summed E-state index contributed by atoms with van der Waals surface area (Å²) in [5.74, 6) is -0.268. The van der Waals surface area contributed by atoms with Gasteiger partial charge in [0, 0.05) is 22.4 Å². The number of nitrogens with zero attached hydrogens (tertiary/aromatic N) is 1. The van der Waals surface area contributed by atoms with Gasteiger partial charge in [-0.1, -0.05) is 15.9 Å². The molecular formula is C13H9Br2NO3. The number of pyridine rings is 1. The second-order valence-electron chi connectivity index (χ2n) is 3.80. The van der Waals surface area contributed by atoms with Crippen LogP contribution in [-0.2, 0) is 0 Å². The third kappa shape index (κ3) is 3.33. The SMILES string of the molecule is Cc1cc(Oc2ccc(Br)cc2Br)c(C(=O)O)cn1. The molecule has 0 aliphatic heterocycles. The predicted octanol–water partition coefficient (Wildman–Crippen LogP) is 4.41. The van der Waals surface area contributed by atoms with Crippen molar-refractivity contribution < 1.29 is 14.6 Å². The van der Waals surface area contributed by atoms with E-state index in [2.05, 4.69) is 36.8 Å². The molecule has 1 heterocycles. The number of hydrogen-bond acceptors (Lipinski definition) is 3. The third-order valence-corrected chi connectivity index (χ3v) is 3.46. The summed E-state index contributed by atoms with van der Waals surface area (Å²) in [4.78, 5) is 15.1. The lowest BCUT2D eigenvalue weighted by molar-refractivity contribution is 0.0693. The first-order valence-corrected chi connectivity index (χ1v) is 6.89. The van der Waals surface area contributed by atoms with E-state index in [0.717, 1.165) is 8.95 Å². The molecule has 0 radical (unpaired) electrons. The first-order valence-electron chi connectivity index (χ1n) is 5.30. The second-order valence-corrected chi connectivity index (χ2v) is 5.57. The van der Waals surface area contributed by atoms with Crippen molar-refractivity contribution in [3.8, 4) is 11.5 Å². The van der Waals surface area contributed by atoms with Crippen molar-refractivity contribution in [1.29, 1.82) is 0 Å². The van der Waals surface area contributed by atoms with Crippen LogP contribution in [0.2, 0.25) is 0 Å². The van der Waals surface area contributed by atoms with Gasteiger partial charge in [-0.05, 0) is 41.1 Å². The zero-order chi connectivity index (χ0) is 14.0. The molecule has 6 heteroatoms. The van der Waals surface area contributed by atoms with E-state index in [9.17, 15) is 4.79 Å². The van der Waals surface area contributed by atoms with Crippen LogP contribution in [0.25, 0.3) is 0 Å². The Morgan fingerprint density at radius 2 is 2.00 bits per heavy atom. The van der Waals surface area contributed by atoms with Gasteiger partial charge < -0.3 is 9.84 Å². The highest BCUT2D eigenvalue weighted by atomic mass is 79.9. The smallest absolute Gasteiger partial charge is 0.341 e. The van der Waals surface area contributed by atoms with Gasteiger partial charge in [0.15, 0.2) is 0 Å². The summed E-state index contributed by atoms with van der Waals surface area (Å²) in [7, 11) is 0. The average molecular weight is 387 g/mol. The lowest BCUT2D eigenvalue weighted by Gasteiger charge is -2.10. The molecule has 0 bridgehead atoms. The van der Waals surface area contributed by atoms with Crippen molar-refractivity contribution in [1.82, 2.24) is 4.98 Å². The Morgan fingerprint density at radius 1 is 1.26 bits per heavy atom. The van der Waals surface area contributed by atoms with Crippen LogP contribution in [-0.4, -0.2) is 16.1 Å². The number of halogens is 2. The molecule has 98 valence electrons. The van der Waals surface area contributed by atoms with Crippen LogP contribution in [0.3, 0.4) is 0 Å². The zero-order valence-corrected chi connectivity index (χ0v) is 13.0. The Labute approximate surface area is 126 Å². The molecule has 1 aromatic carbocycles. The van der Waals surface area contributed by atoms with Crippen LogP contribution in [0, 0.1) is 6.92 Å². The predicted molar refractivity (Wildman–Crippen MR) is 77.8 cm³/mol. The number of hydrogen-bond donors (Lipinski definition) is 1. The number of benzene rings is 1. The topological polar surface area (TPSA) is 59.4 Å². The van der Waals surface area contributed by atoms with Gasteiger partial charge in [0.05, 0.1) is 4.47 Å². The minimum absolute atomic E-state index is 0.0282. The van der Waals surface area contributed by atoms with Gasteiger partial charge in [-0.15, -0.1) is 0 Å². The first kappa shape index (κ1) is 14.0. The van der Waals surface area contributed by atoms with Gasteiger partial charge >= 0.3 is 5.97 Å². The molecular weight excluding hydrogens is 378 g/mol. The number of carboxylic acid groups (broad SMARTS) is 1. The number of aryl methyl sites for hydroxylation is 1. The van der Waals surface area contributed by atoms with Gasteiger partial charge in [0.1, 0.15) is 17.1 Å². The summed E-state index contributed by atoms with van der Waals surface area (Å²) >= 11 is 6.71. The van der Waals surface area contributed by atoms with Crippen LogP contribution in [0.15, 0.2) is 39.4 Å². The molecule has 1 N–H and O–H groups in total. The van der Waals surface area contributed by atoms with Gasteiger partial charge in [-0.3, -0.25) is 4.98 Å². The molecule has 2 aromatic rings.